The van der Waals surface area contributed by atoms with Gasteiger partial charge in [-0.25, -0.2) is 4.98 Å². The standard InChI is InChI=1S/C13H21N5/c1-8(2)6-18-7-16-11-12(18)9-3-4-15-5-10(9)17-13(11)14/h7-10,15H,3-6H2,1-2H3,(H2,14,17). The average molecular weight is 247 g/mol. The van der Waals surface area contributed by atoms with Crippen LogP contribution in [0.3, 0.4) is 0 Å². The highest BCUT2D eigenvalue weighted by atomic mass is 15.1. The number of piperidine rings is 1. The van der Waals surface area contributed by atoms with Crippen LogP contribution in [0, 0.1) is 5.92 Å². The van der Waals surface area contributed by atoms with Crippen molar-refractivity contribution in [1.82, 2.24) is 14.9 Å². The summed E-state index contributed by atoms with van der Waals surface area (Å²) in [5, 5.41) is 3.40. The van der Waals surface area contributed by atoms with E-state index in [1.165, 1.54) is 5.69 Å². The zero-order valence-electron chi connectivity index (χ0n) is 11.1. The van der Waals surface area contributed by atoms with E-state index >= 15 is 0 Å². The van der Waals surface area contributed by atoms with Gasteiger partial charge in [-0.1, -0.05) is 13.8 Å². The van der Waals surface area contributed by atoms with Crippen LogP contribution in [0.5, 0.6) is 0 Å². The van der Waals surface area contributed by atoms with Crippen LogP contribution in [0.1, 0.15) is 37.6 Å². The summed E-state index contributed by atoms with van der Waals surface area (Å²) in [6.45, 7) is 7.45. The normalized spacial score (nSPS) is 26.7. The molecule has 1 aromatic heterocycles. The first-order valence-corrected chi connectivity index (χ1v) is 6.76. The van der Waals surface area contributed by atoms with Crippen molar-refractivity contribution in [2.75, 3.05) is 13.1 Å². The number of hydrogen-bond donors (Lipinski definition) is 2. The third kappa shape index (κ3) is 1.82. The first-order chi connectivity index (χ1) is 8.66. The van der Waals surface area contributed by atoms with Gasteiger partial charge < -0.3 is 15.6 Å². The molecule has 5 nitrogen and oxygen atoms in total. The van der Waals surface area contributed by atoms with Crippen LogP contribution >= 0.6 is 0 Å². The maximum absolute atomic E-state index is 6.04. The van der Waals surface area contributed by atoms with Crippen molar-refractivity contribution >= 4 is 5.84 Å². The van der Waals surface area contributed by atoms with Crippen LogP contribution in [-0.2, 0) is 6.54 Å². The van der Waals surface area contributed by atoms with Crippen LogP contribution in [0.15, 0.2) is 11.3 Å². The molecular weight excluding hydrogens is 226 g/mol. The quantitative estimate of drug-likeness (QED) is 0.808. The molecular formula is C13H21N5. The Kier molecular flexibility index (Phi) is 2.86. The number of imidazole rings is 1. The van der Waals surface area contributed by atoms with Gasteiger partial charge in [0.05, 0.1) is 18.1 Å². The second kappa shape index (κ2) is 4.39. The molecule has 0 spiro atoms. The van der Waals surface area contributed by atoms with Gasteiger partial charge in [-0.15, -0.1) is 0 Å². The van der Waals surface area contributed by atoms with Crippen LogP contribution in [0.4, 0.5) is 0 Å². The third-order valence-corrected chi connectivity index (χ3v) is 3.79. The Morgan fingerprint density at radius 1 is 1.56 bits per heavy atom. The first kappa shape index (κ1) is 11.7. The molecule has 0 saturated carbocycles. The van der Waals surface area contributed by atoms with Crippen LogP contribution in [-0.4, -0.2) is 34.5 Å². The molecule has 98 valence electrons. The lowest BCUT2D eigenvalue weighted by Gasteiger charge is -2.34. The lowest BCUT2D eigenvalue weighted by Crippen LogP contribution is -2.43. The van der Waals surface area contributed by atoms with Gasteiger partial charge in [0.2, 0.25) is 0 Å². The Bertz CT molecular complexity index is 474. The van der Waals surface area contributed by atoms with Gasteiger partial charge in [-0.05, 0) is 18.9 Å². The van der Waals surface area contributed by atoms with Gasteiger partial charge in [0.1, 0.15) is 11.5 Å². The SMILES string of the molecule is CC(C)Cn1cnc2c1C1CCNCC1N=C2N. The van der Waals surface area contributed by atoms with E-state index in [1.54, 1.807) is 0 Å². The van der Waals surface area contributed by atoms with Gasteiger partial charge in [-0.2, -0.15) is 0 Å². The maximum Gasteiger partial charge on any atom is 0.146 e. The Labute approximate surface area is 107 Å². The summed E-state index contributed by atoms with van der Waals surface area (Å²) in [5.41, 5.74) is 8.27. The fourth-order valence-corrected chi connectivity index (χ4v) is 3.05. The molecule has 1 saturated heterocycles. The molecule has 2 aliphatic heterocycles. The zero-order chi connectivity index (χ0) is 12.7. The van der Waals surface area contributed by atoms with Crippen molar-refractivity contribution in [3.63, 3.8) is 0 Å². The largest absolute Gasteiger partial charge is 0.382 e. The van der Waals surface area contributed by atoms with Crippen molar-refractivity contribution in [2.45, 2.75) is 38.8 Å². The number of nitrogens with zero attached hydrogens (tertiary/aromatic N) is 3. The first-order valence-electron chi connectivity index (χ1n) is 6.76. The van der Waals surface area contributed by atoms with Crippen molar-refractivity contribution in [3.05, 3.63) is 17.7 Å². The zero-order valence-corrected chi connectivity index (χ0v) is 11.1. The van der Waals surface area contributed by atoms with Gasteiger partial charge in [0.25, 0.3) is 0 Å². The number of fused-ring (bicyclic) bond motifs is 3. The lowest BCUT2D eigenvalue weighted by molar-refractivity contribution is 0.376. The summed E-state index contributed by atoms with van der Waals surface area (Å²) >= 11 is 0. The minimum atomic E-state index is 0.286. The van der Waals surface area contributed by atoms with Crippen molar-refractivity contribution in [1.29, 1.82) is 0 Å². The summed E-state index contributed by atoms with van der Waals surface area (Å²) in [4.78, 5) is 9.06. The highest BCUT2D eigenvalue weighted by Crippen LogP contribution is 2.33. The Hall–Kier alpha value is -1.36. The van der Waals surface area contributed by atoms with Gasteiger partial charge >= 0.3 is 0 Å². The molecule has 3 rings (SSSR count). The molecule has 0 bridgehead atoms. The number of aliphatic imine (C=N–C) groups is 1. The summed E-state index contributed by atoms with van der Waals surface area (Å²) in [5.74, 6) is 1.70. The molecule has 3 N–H and O–H groups in total. The molecule has 1 fully saturated rings. The van der Waals surface area contributed by atoms with E-state index in [2.05, 4.69) is 33.7 Å². The van der Waals surface area contributed by atoms with Gasteiger partial charge in [0.15, 0.2) is 0 Å². The van der Waals surface area contributed by atoms with Gasteiger partial charge in [0, 0.05) is 19.0 Å². The molecule has 2 atom stereocenters. The Morgan fingerprint density at radius 3 is 3.17 bits per heavy atom. The van der Waals surface area contributed by atoms with E-state index in [0.717, 1.165) is 31.7 Å². The molecule has 0 radical (unpaired) electrons. The van der Waals surface area contributed by atoms with Crippen LogP contribution in [0.25, 0.3) is 0 Å². The van der Waals surface area contributed by atoms with E-state index < -0.39 is 0 Å². The van der Waals surface area contributed by atoms with E-state index in [0.29, 0.717) is 17.7 Å². The summed E-state index contributed by atoms with van der Waals surface area (Å²) in [6.07, 6.45) is 3.05. The molecule has 0 aromatic carbocycles. The molecule has 2 aliphatic rings. The summed E-state index contributed by atoms with van der Waals surface area (Å²) in [6, 6.07) is 0.286. The average Bonchev–Trinajstić information content (AvgIpc) is 2.73. The molecule has 18 heavy (non-hydrogen) atoms. The topological polar surface area (TPSA) is 68.2 Å². The fourth-order valence-electron chi connectivity index (χ4n) is 3.05. The maximum atomic E-state index is 6.04. The molecule has 0 aliphatic carbocycles. The highest BCUT2D eigenvalue weighted by Gasteiger charge is 2.35. The Balaban J connectivity index is 2.02. The summed E-state index contributed by atoms with van der Waals surface area (Å²) in [7, 11) is 0. The van der Waals surface area contributed by atoms with E-state index in [1.807, 2.05) is 6.33 Å². The molecule has 0 amide bonds. The fraction of sp³-hybridized carbons (Fsp3) is 0.692. The van der Waals surface area contributed by atoms with Crippen molar-refractivity contribution in [2.24, 2.45) is 16.6 Å². The molecule has 1 aromatic rings. The molecule has 5 heteroatoms. The van der Waals surface area contributed by atoms with Crippen molar-refractivity contribution < 1.29 is 0 Å². The van der Waals surface area contributed by atoms with E-state index in [4.69, 9.17) is 5.73 Å². The van der Waals surface area contributed by atoms with E-state index in [-0.39, 0.29) is 6.04 Å². The second-order valence-electron chi connectivity index (χ2n) is 5.71. The smallest absolute Gasteiger partial charge is 0.146 e. The monoisotopic (exact) mass is 247 g/mol. The minimum Gasteiger partial charge on any atom is -0.382 e. The lowest BCUT2D eigenvalue weighted by atomic mass is 9.86. The number of nitrogens with one attached hydrogen (secondary N) is 1. The van der Waals surface area contributed by atoms with Crippen LogP contribution in [0.2, 0.25) is 0 Å². The number of nitrogens with two attached hydrogens (primary N) is 1. The Morgan fingerprint density at radius 2 is 2.39 bits per heavy atom. The van der Waals surface area contributed by atoms with Crippen LogP contribution < -0.4 is 11.1 Å². The van der Waals surface area contributed by atoms with Crippen molar-refractivity contribution in [3.8, 4) is 0 Å². The highest BCUT2D eigenvalue weighted by molar-refractivity contribution is 5.98. The number of hydrogen-bond acceptors (Lipinski definition) is 4. The van der Waals surface area contributed by atoms with E-state index in [9.17, 15) is 0 Å². The number of rotatable bonds is 2. The molecule has 2 unspecified atom stereocenters. The number of aromatic nitrogens is 2. The minimum absolute atomic E-state index is 0.286. The van der Waals surface area contributed by atoms with Gasteiger partial charge in [-0.3, -0.25) is 4.99 Å². The number of amidine groups is 1. The third-order valence-electron chi connectivity index (χ3n) is 3.79. The summed E-state index contributed by atoms with van der Waals surface area (Å²) < 4.78 is 2.28. The second-order valence-corrected chi connectivity index (χ2v) is 5.71. The predicted octanol–water partition coefficient (Wildman–Crippen LogP) is 0.704. The molecule has 3 heterocycles. The predicted molar refractivity (Wildman–Crippen MR) is 71.8 cm³/mol.